The van der Waals surface area contributed by atoms with Crippen LogP contribution in [0.15, 0.2) is 24.3 Å². The second-order valence-corrected chi connectivity index (χ2v) is 6.39. The van der Waals surface area contributed by atoms with E-state index in [4.69, 9.17) is 4.74 Å². The van der Waals surface area contributed by atoms with Crippen LogP contribution < -0.4 is 15.4 Å². The summed E-state index contributed by atoms with van der Waals surface area (Å²) in [6, 6.07) is 7.74. The SMILES string of the molecule is COc1ccccc1C1CNC(=O)c2nc(C(=O)NC(C)C)[nH]c2C1. The number of carbonyl (C=O) groups excluding carboxylic acids is 2. The van der Waals surface area contributed by atoms with Crippen molar-refractivity contribution in [2.45, 2.75) is 32.2 Å². The molecule has 2 amide bonds. The molecule has 0 spiro atoms. The minimum atomic E-state index is -0.315. The normalized spacial score (nSPS) is 16.8. The van der Waals surface area contributed by atoms with Crippen LogP contribution in [-0.4, -0.2) is 41.5 Å². The predicted octanol–water partition coefficient (Wildman–Crippen LogP) is 1.63. The van der Waals surface area contributed by atoms with Gasteiger partial charge in [0.05, 0.1) is 7.11 Å². The molecule has 0 bridgehead atoms. The molecule has 3 rings (SSSR count). The predicted molar refractivity (Wildman–Crippen MR) is 93.0 cm³/mol. The Kier molecular flexibility index (Phi) is 4.74. The van der Waals surface area contributed by atoms with Gasteiger partial charge in [-0.05, 0) is 31.9 Å². The molecule has 25 heavy (non-hydrogen) atoms. The standard InChI is InChI=1S/C18H22N4O3/c1-10(2)20-18(24)16-21-13-8-11(9-19-17(23)15(13)22-16)12-6-4-5-7-14(12)25-3/h4-7,10-11H,8-9H2,1-3H3,(H,19,23)(H,20,24)(H,21,22). The number of H-pyrrole nitrogens is 1. The van der Waals surface area contributed by atoms with Crippen LogP contribution in [0.4, 0.5) is 0 Å². The van der Waals surface area contributed by atoms with E-state index in [-0.39, 0.29) is 35.3 Å². The first-order chi connectivity index (χ1) is 12.0. The maximum absolute atomic E-state index is 12.3. The van der Waals surface area contributed by atoms with E-state index in [1.165, 1.54) is 0 Å². The summed E-state index contributed by atoms with van der Waals surface area (Å²) in [5.41, 5.74) is 1.96. The van der Waals surface area contributed by atoms with Gasteiger partial charge in [-0.2, -0.15) is 0 Å². The number of hydrogen-bond donors (Lipinski definition) is 3. The number of fused-ring (bicyclic) bond motifs is 1. The van der Waals surface area contributed by atoms with Gasteiger partial charge in [-0.3, -0.25) is 9.59 Å². The summed E-state index contributed by atoms with van der Waals surface area (Å²) in [5, 5.41) is 5.66. The third-order valence-corrected chi connectivity index (χ3v) is 4.17. The Morgan fingerprint density at radius 1 is 1.36 bits per heavy atom. The molecule has 132 valence electrons. The lowest BCUT2D eigenvalue weighted by atomic mass is 9.93. The molecule has 0 saturated heterocycles. The molecule has 1 aromatic carbocycles. The van der Waals surface area contributed by atoms with Crippen LogP contribution in [0.5, 0.6) is 5.75 Å². The van der Waals surface area contributed by atoms with Crippen LogP contribution >= 0.6 is 0 Å². The highest BCUT2D eigenvalue weighted by Gasteiger charge is 2.28. The number of benzene rings is 1. The number of methoxy groups -OCH3 is 1. The van der Waals surface area contributed by atoms with Gasteiger partial charge in [-0.25, -0.2) is 4.98 Å². The highest BCUT2D eigenvalue weighted by atomic mass is 16.5. The molecule has 1 aliphatic rings. The fraction of sp³-hybridized carbons (Fsp3) is 0.389. The molecule has 1 aromatic heterocycles. The number of aromatic nitrogens is 2. The molecule has 1 aliphatic heterocycles. The van der Waals surface area contributed by atoms with E-state index in [2.05, 4.69) is 20.6 Å². The fourth-order valence-corrected chi connectivity index (χ4v) is 3.02. The van der Waals surface area contributed by atoms with Crippen LogP contribution in [0.3, 0.4) is 0 Å². The number of hydrogen-bond acceptors (Lipinski definition) is 4. The zero-order valence-corrected chi connectivity index (χ0v) is 14.6. The van der Waals surface area contributed by atoms with Crippen molar-refractivity contribution in [1.29, 1.82) is 0 Å². The number of para-hydroxylation sites is 1. The maximum atomic E-state index is 12.3. The summed E-state index contributed by atoms with van der Waals surface area (Å²) in [7, 11) is 1.63. The molecule has 2 heterocycles. The molecule has 7 heteroatoms. The molecule has 0 saturated carbocycles. The van der Waals surface area contributed by atoms with Gasteiger partial charge in [-0.15, -0.1) is 0 Å². The lowest BCUT2D eigenvalue weighted by molar-refractivity contribution is 0.0933. The fourth-order valence-electron chi connectivity index (χ4n) is 3.02. The van der Waals surface area contributed by atoms with Crippen molar-refractivity contribution in [3.8, 4) is 5.75 Å². The minimum absolute atomic E-state index is 0.00689. The maximum Gasteiger partial charge on any atom is 0.287 e. The summed E-state index contributed by atoms with van der Waals surface area (Å²) >= 11 is 0. The Morgan fingerprint density at radius 2 is 2.12 bits per heavy atom. The second kappa shape index (κ2) is 6.96. The molecule has 2 aromatic rings. The quantitative estimate of drug-likeness (QED) is 0.787. The average molecular weight is 342 g/mol. The monoisotopic (exact) mass is 342 g/mol. The smallest absolute Gasteiger partial charge is 0.287 e. The number of nitrogens with one attached hydrogen (secondary N) is 3. The van der Waals surface area contributed by atoms with Gasteiger partial charge >= 0.3 is 0 Å². The molecule has 0 fully saturated rings. The van der Waals surface area contributed by atoms with Crippen molar-refractivity contribution in [2.24, 2.45) is 0 Å². The van der Waals surface area contributed by atoms with E-state index in [0.717, 1.165) is 11.3 Å². The first-order valence-corrected chi connectivity index (χ1v) is 8.30. The van der Waals surface area contributed by atoms with Crippen LogP contribution in [-0.2, 0) is 6.42 Å². The van der Waals surface area contributed by atoms with E-state index in [9.17, 15) is 9.59 Å². The van der Waals surface area contributed by atoms with Crippen molar-refractivity contribution >= 4 is 11.8 Å². The van der Waals surface area contributed by atoms with Crippen LogP contribution in [0.1, 0.15) is 52.1 Å². The molecule has 0 radical (unpaired) electrons. The molecule has 3 N–H and O–H groups in total. The molecule has 1 unspecified atom stereocenters. The molecule has 0 aliphatic carbocycles. The third-order valence-electron chi connectivity index (χ3n) is 4.17. The number of carbonyl (C=O) groups is 2. The van der Waals surface area contributed by atoms with Crippen molar-refractivity contribution < 1.29 is 14.3 Å². The Hall–Kier alpha value is -2.83. The first kappa shape index (κ1) is 17.0. The van der Waals surface area contributed by atoms with Crippen LogP contribution in [0, 0.1) is 0 Å². The topological polar surface area (TPSA) is 96.1 Å². The number of nitrogens with zero attached hydrogens (tertiary/aromatic N) is 1. The van der Waals surface area contributed by atoms with Crippen molar-refractivity contribution in [1.82, 2.24) is 20.6 Å². The second-order valence-electron chi connectivity index (χ2n) is 6.39. The molecule has 7 nitrogen and oxygen atoms in total. The Morgan fingerprint density at radius 3 is 2.84 bits per heavy atom. The summed E-state index contributed by atoms with van der Waals surface area (Å²) in [6.07, 6.45) is 0.566. The van der Waals surface area contributed by atoms with Crippen LogP contribution in [0.2, 0.25) is 0 Å². The van der Waals surface area contributed by atoms with Gasteiger partial charge in [0.25, 0.3) is 11.8 Å². The van der Waals surface area contributed by atoms with E-state index in [1.54, 1.807) is 7.11 Å². The van der Waals surface area contributed by atoms with Crippen molar-refractivity contribution in [3.05, 3.63) is 47.0 Å². The van der Waals surface area contributed by atoms with Gasteiger partial charge in [0.2, 0.25) is 0 Å². The molecular formula is C18H22N4O3. The summed E-state index contributed by atoms with van der Waals surface area (Å²) < 4.78 is 5.44. The molecular weight excluding hydrogens is 320 g/mol. The first-order valence-electron chi connectivity index (χ1n) is 8.30. The zero-order chi connectivity index (χ0) is 18.0. The largest absolute Gasteiger partial charge is 0.496 e. The van der Waals surface area contributed by atoms with Gasteiger partial charge < -0.3 is 20.4 Å². The van der Waals surface area contributed by atoms with Gasteiger partial charge in [0.15, 0.2) is 5.82 Å². The number of imidazole rings is 1. The van der Waals surface area contributed by atoms with E-state index < -0.39 is 0 Å². The number of amides is 2. The third kappa shape index (κ3) is 3.50. The van der Waals surface area contributed by atoms with Gasteiger partial charge in [-0.1, -0.05) is 18.2 Å². The lowest BCUT2D eigenvalue weighted by Gasteiger charge is -2.17. The minimum Gasteiger partial charge on any atom is -0.496 e. The van der Waals surface area contributed by atoms with E-state index in [1.807, 2.05) is 38.1 Å². The van der Waals surface area contributed by atoms with E-state index >= 15 is 0 Å². The Bertz CT molecular complexity index is 797. The van der Waals surface area contributed by atoms with Crippen molar-refractivity contribution in [2.75, 3.05) is 13.7 Å². The van der Waals surface area contributed by atoms with Crippen LogP contribution in [0.25, 0.3) is 0 Å². The number of aromatic amines is 1. The van der Waals surface area contributed by atoms with E-state index in [0.29, 0.717) is 18.7 Å². The van der Waals surface area contributed by atoms with Gasteiger partial charge in [0.1, 0.15) is 11.4 Å². The number of rotatable bonds is 4. The lowest BCUT2D eigenvalue weighted by Crippen LogP contribution is -2.31. The highest BCUT2D eigenvalue weighted by molar-refractivity contribution is 5.97. The van der Waals surface area contributed by atoms with Crippen molar-refractivity contribution in [3.63, 3.8) is 0 Å². The average Bonchev–Trinajstić information content (AvgIpc) is 2.95. The Balaban J connectivity index is 1.92. The summed E-state index contributed by atoms with van der Waals surface area (Å²) in [4.78, 5) is 31.7. The molecule has 1 atom stereocenters. The summed E-state index contributed by atoms with van der Waals surface area (Å²) in [5.74, 6) is 0.386. The summed E-state index contributed by atoms with van der Waals surface area (Å²) in [6.45, 7) is 4.23. The number of ether oxygens (including phenoxy) is 1. The van der Waals surface area contributed by atoms with Gasteiger partial charge in [0, 0.05) is 24.2 Å². The highest BCUT2D eigenvalue weighted by Crippen LogP contribution is 2.30. The zero-order valence-electron chi connectivity index (χ0n) is 14.6. The Labute approximate surface area is 146 Å².